The zero-order chi connectivity index (χ0) is 17.7. The Kier molecular flexibility index (Phi) is 6.04. The minimum absolute atomic E-state index is 0.116. The summed E-state index contributed by atoms with van der Waals surface area (Å²) in [6.45, 7) is 8.74. The van der Waals surface area contributed by atoms with E-state index < -0.39 is 0 Å². The Bertz CT molecular complexity index is 625. The maximum atomic E-state index is 12.8. The molecule has 0 radical (unpaired) electrons. The number of thioether (sulfide) groups is 1. The van der Waals surface area contributed by atoms with Gasteiger partial charge in [-0.2, -0.15) is 0 Å². The summed E-state index contributed by atoms with van der Waals surface area (Å²) in [5, 5.41) is 3.07. The van der Waals surface area contributed by atoms with E-state index in [1.807, 2.05) is 30.3 Å². The van der Waals surface area contributed by atoms with Gasteiger partial charge >= 0.3 is 0 Å². The number of nitrogens with zero attached hydrogens (tertiary/aromatic N) is 1. The molecule has 2 aliphatic rings. The first-order valence-corrected chi connectivity index (χ1v) is 9.73. The van der Waals surface area contributed by atoms with Gasteiger partial charge in [0.25, 0.3) is 5.91 Å². The summed E-state index contributed by atoms with van der Waals surface area (Å²) < 4.78 is 11.2. The number of hydrogen-bond donors (Lipinski definition) is 1. The number of carbonyl (C=O) groups is 1. The first-order chi connectivity index (χ1) is 12.1. The summed E-state index contributed by atoms with van der Waals surface area (Å²) >= 11 is 1.68. The second-order valence-electron chi connectivity index (χ2n) is 6.82. The Labute approximate surface area is 153 Å². The monoisotopic (exact) mass is 362 g/mol. The van der Waals surface area contributed by atoms with Gasteiger partial charge in [-0.25, -0.2) is 0 Å². The molecule has 1 aromatic carbocycles. The van der Waals surface area contributed by atoms with Gasteiger partial charge in [0.05, 0.1) is 24.7 Å². The summed E-state index contributed by atoms with van der Waals surface area (Å²) in [5.41, 5.74) is 0.916. The first-order valence-electron chi connectivity index (χ1n) is 8.74. The average molecular weight is 362 g/mol. The maximum absolute atomic E-state index is 12.8. The molecule has 5 nitrogen and oxygen atoms in total. The molecule has 1 amide bonds. The number of benzene rings is 1. The lowest BCUT2D eigenvalue weighted by Gasteiger charge is -2.40. The van der Waals surface area contributed by atoms with Gasteiger partial charge in [-0.1, -0.05) is 30.3 Å². The van der Waals surface area contributed by atoms with Crippen LogP contribution in [0.25, 0.3) is 4.91 Å². The molecule has 0 bridgehead atoms. The number of rotatable bonds is 5. The summed E-state index contributed by atoms with van der Waals surface area (Å²) in [7, 11) is 0. The summed E-state index contributed by atoms with van der Waals surface area (Å²) in [6, 6.07) is 9.97. The predicted octanol–water partition coefficient (Wildman–Crippen LogP) is 2.35. The van der Waals surface area contributed by atoms with Gasteiger partial charge in [0.1, 0.15) is 0 Å². The van der Waals surface area contributed by atoms with Crippen LogP contribution in [0.3, 0.4) is 0 Å². The lowest BCUT2D eigenvalue weighted by atomic mass is 10.0. The second-order valence-corrected chi connectivity index (χ2v) is 7.92. The molecule has 25 heavy (non-hydrogen) atoms. The van der Waals surface area contributed by atoms with E-state index in [2.05, 4.69) is 24.1 Å². The average Bonchev–Trinajstić information content (AvgIpc) is 2.67. The van der Waals surface area contributed by atoms with Crippen molar-refractivity contribution in [2.24, 2.45) is 0 Å². The van der Waals surface area contributed by atoms with Crippen molar-refractivity contribution >= 4 is 22.6 Å². The van der Waals surface area contributed by atoms with Crippen molar-refractivity contribution in [2.45, 2.75) is 19.4 Å². The quantitative estimate of drug-likeness (QED) is 0.871. The van der Waals surface area contributed by atoms with Crippen LogP contribution in [-0.2, 0) is 14.3 Å². The van der Waals surface area contributed by atoms with Gasteiger partial charge in [0.2, 0.25) is 0 Å². The highest BCUT2D eigenvalue weighted by Crippen LogP contribution is 2.34. The van der Waals surface area contributed by atoms with Gasteiger partial charge in [0, 0.05) is 30.9 Å². The van der Waals surface area contributed by atoms with Crippen molar-refractivity contribution in [3.05, 3.63) is 41.7 Å². The molecule has 2 aliphatic heterocycles. The predicted molar refractivity (Wildman–Crippen MR) is 101 cm³/mol. The van der Waals surface area contributed by atoms with E-state index >= 15 is 0 Å². The molecular formula is C19H26N2O3S. The van der Waals surface area contributed by atoms with E-state index in [-0.39, 0.29) is 11.4 Å². The van der Waals surface area contributed by atoms with E-state index in [0.717, 1.165) is 42.5 Å². The zero-order valence-corrected chi connectivity index (χ0v) is 15.7. The second kappa shape index (κ2) is 8.25. The summed E-state index contributed by atoms with van der Waals surface area (Å²) in [5.74, 6) is 1.17. The number of carbonyl (C=O) groups excluding carboxylic acids is 1. The Hall–Kier alpha value is -1.50. The molecule has 1 N–H and O–H groups in total. The summed E-state index contributed by atoms with van der Waals surface area (Å²) in [4.78, 5) is 16.0. The van der Waals surface area contributed by atoms with Crippen molar-refractivity contribution in [2.75, 3.05) is 45.2 Å². The first kappa shape index (κ1) is 18.3. The molecule has 0 aliphatic carbocycles. The standard InChI is InChI=1S/C19H26N2O3S/c1-19(2,21-8-10-23-11-9-21)14-20-18(22)16-17(25-13-12-24-16)15-6-4-3-5-7-15/h3-7H,8-14H2,1-2H3,(H,20,22). The van der Waals surface area contributed by atoms with Crippen LogP contribution < -0.4 is 5.32 Å². The molecule has 0 aromatic heterocycles. The number of morpholine rings is 1. The van der Waals surface area contributed by atoms with Crippen LogP contribution in [0.2, 0.25) is 0 Å². The summed E-state index contributed by atoms with van der Waals surface area (Å²) in [6.07, 6.45) is 0. The molecule has 136 valence electrons. The molecule has 1 saturated heterocycles. The Morgan fingerprint density at radius 1 is 1.20 bits per heavy atom. The minimum Gasteiger partial charge on any atom is -0.486 e. The van der Waals surface area contributed by atoms with Gasteiger partial charge in [-0.3, -0.25) is 9.69 Å². The highest BCUT2D eigenvalue weighted by atomic mass is 32.2. The normalized spacial score (nSPS) is 19.4. The number of nitrogens with one attached hydrogen (secondary N) is 1. The number of ether oxygens (including phenoxy) is 2. The molecule has 1 aromatic rings. The van der Waals surface area contributed by atoms with Crippen LogP contribution in [-0.4, -0.2) is 61.6 Å². The Morgan fingerprint density at radius 2 is 1.92 bits per heavy atom. The number of hydrogen-bond acceptors (Lipinski definition) is 5. The fourth-order valence-corrected chi connectivity index (χ4v) is 4.00. The van der Waals surface area contributed by atoms with Gasteiger partial charge in [-0.15, -0.1) is 11.8 Å². The van der Waals surface area contributed by atoms with E-state index in [9.17, 15) is 4.79 Å². The molecule has 2 heterocycles. The fourth-order valence-electron chi connectivity index (χ4n) is 3.05. The van der Waals surface area contributed by atoms with Gasteiger partial charge < -0.3 is 14.8 Å². The van der Waals surface area contributed by atoms with Crippen LogP contribution in [0.1, 0.15) is 19.4 Å². The highest BCUT2D eigenvalue weighted by molar-refractivity contribution is 8.08. The molecule has 3 rings (SSSR count). The zero-order valence-electron chi connectivity index (χ0n) is 14.9. The third-order valence-corrected chi connectivity index (χ3v) is 5.65. The van der Waals surface area contributed by atoms with Gasteiger partial charge in [0.15, 0.2) is 5.76 Å². The molecule has 0 atom stereocenters. The molecular weight excluding hydrogens is 336 g/mol. The molecule has 6 heteroatoms. The SMILES string of the molecule is CC(C)(CNC(=O)C1=C(c2ccccc2)SCCO1)N1CCOCC1. The fraction of sp³-hybridized carbons (Fsp3) is 0.526. The van der Waals surface area contributed by atoms with Crippen molar-refractivity contribution in [3.8, 4) is 0 Å². The smallest absolute Gasteiger partial charge is 0.287 e. The molecule has 0 unspecified atom stereocenters. The van der Waals surface area contributed by atoms with Crippen molar-refractivity contribution < 1.29 is 14.3 Å². The van der Waals surface area contributed by atoms with Crippen molar-refractivity contribution in [1.82, 2.24) is 10.2 Å². The van der Waals surface area contributed by atoms with Gasteiger partial charge in [-0.05, 0) is 19.4 Å². The largest absolute Gasteiger partial charge is 0.486 e. The third kappa shape index (κ3) is 4.57. The minimum atomic E-state index is -0.132. The molecule has 1 fully saturated rings. The van der Waals surface area contributed by atoms with Crippen LogP contribution in [0, 0.1) is 0 Å². The van der Waals surface area contributed by atoms with Crippen LogP contribution in [0.4, 0.5) is 0 Å². The molecule has 0 spiro atoms. The van der Waals surface area contributed by atoms with E-state index in [0.29, 0.717) is 18.9 Å². The lowest BCUT2D eigenvalue weighted by Crippen LogP contribution is -2.55. The van der Waals surface area contributed by atoms with Crippen LogP contribution in [0.5, 0.6) is 0 Å². The van der Waals surface area contributed by atoms with E-state index in [4.69, 9.17) is 9.47 Å². The topological polar surface area (TPSA) is 50.8 Å². The highest BCUT2D eigenvalue weighted by Gasteiger charge is 2.30. The lowest BCUT2D eigenvalue weighted by molar-refractivity contribution is -0.121. The van der Waals surface area contributed by atoms with E-state index in [1.165, 1.54) is 0 Å². The van der Waals surface area contributed by atoms with Crippen LogP contribution in [0.15, 0.2) is 36.1 Å². The third-order valence-electron chi connectivity index (χ3n) is 4.57. The number of amides is 1. The van der Waals surface area contributed by atoms with Crippen molar-refractivity contribution in [1.29, 1.82) is 0 Å². The maximum Gasteiger partial charge on any atom is 0.287 e. The Morgan fingerprint density at radius 3 is 2.64 bits per heavy atom. The van der Waals surface area contributed by atoms with Crippen molar-refractivity contribution in [3.63, 3.8) is 0 Å². The Balaban J connectivity index is 1.69. The van der Waals surface area contributed by atoms with Crippen LogP contribution >= 0.6 is 11.8 Å². The van der Waals surface area contributed by atoms with E-state index in [1.54, 1.807) is 11.8 Å². The molecule has 0 saturated carbocycles.